The molecule has 2 bridgehead atoms. The second kappa shape index (κ2) is 6.57. The molecular formula is C19H23NO4S. The van der Waals surface area contributed by atoms with Crippen LogP contribution in [0.1, 0.15) is 31.1 Å². The molecule has 0 aliphatic carbocycles. The van der Waals surface area contributed by atoms with Crippen LogP contribution < -0.4 is 0 Å². The fraction of sp³-hybridized carbons (Fsp3) is 0.579. The Morgan fingerprint density at radius 3 is 3.12 bits per heavy atom. The van der Waals surface area contributed by atoms with E-state index in [2.05, 4.69) is 6.92 Å². The van der Waals surface area contributed by atoms with Gasteiger partial charge in [-0.05, 0) is 17.9 Å². The fourth-order valence-electron chi connectivity index (χ4n) is 4.19. The predicted molar refractivity (Wildman–Crippen MR) is 93.9 cm³/mol. The maximum Gasteiger partial charge on any atom is 0.312 e. The van der Waals surface area contributed by atoms with E-state index < -0.39 is 17.4 Å². The molecule has 1 amide bonds. The van der Waals surface area contributed by atoms with Gasteiger partial charge in [0.25, 0.3) is 0 Å². The first-order valence-electron chi connectivity index (χ1n) is 8.99. The lowest BCUT2D eigenvalue weighted by Gasteiger charge is -2.22. The van der Waals surface area contributed by atoms with Gasteiger partial charge in [0.1, 0.15) is 11.5 Å². The van der Waals surface area contributed by atoms with Gasteiger partial charge < -0.3 is 14.4 Å². The lowest BCUT2D eigenvalue weighted by atomic mass is 9.77. The number of thiophene rings is 1. The summed E-state index contributed by atoms with van der Waals surface area (Å²) in [6.45, 7) is 3.63. The zero-order valence-corrected chi connectivity index (χ0v) is 15.2. The Morgan fingerprint density at radius 1 is 1.48 bits per heavy atom. The van der Waals surface area contributed by atoms with Crippen LogP contribution in [0.25, 0.3) is 0 Å². The summed E-state index contributed by atoms with van der Waals surface area (Å²) >= 11 is 1.64. The van der Waals surface area contributed by atoms with Crippen molar-refractivity contribution in [3.63, 3.8) is 0 Å². The number of amides is 1. The molecule has 0 radical (unpaired) electrons. The van der Waals surface area contributed by atoms with Crippen molar-refractivity contribution < 1.29 is 19.1 Å². The Bertz CT molecular complexity index is 686. The minimum Gasteiger partial charge on any atom is -0.465 e. The van der Waals surface area contributed by atoms with Crippen molar-refractivity contribution in [2.24, 2.45) is 11.8 Å². The summed E-state index contributed by atoms with van der Waals surface area (Å²) in [6, 6.07) is 4.01. The molecule has 2 fully saturated rings. The second-order valence-corrected chi connectivity index (χ2v) is 8.08. The number of carbonyl (C=O) groups is 2. The number of ether oxygens (including phenoxy) is 2. The van der Waals surface area contributed by atoms with Crippen LogP contribution in [-0.4, -0.2) is 41.6 Å². The van der Waals surface area contributed by atoms with Gasteiger partial charge in [-0.1, -0.05) is 38.0 Å². The number of unbranched alkanes of at least 4 members (excludes halogenated alkanes) is 2. The molecule has 3 aliphatic rings. The summed E-state index contributed by atoms with van der Waals surface area (Å²) in [6.07, 6.45) is 6.57. The van der Waals surface area contributed by atoms with Gasteiger partial charge in [0, 0.05) is 4.88 Å². The SMILES string of the molecule is CCCCCOC(=O)C1[C@H]2C(=O)N(Cc3cccs3)C[C@]23C=C[C@H]1O3. The number of likely N-dealkylation sites (tertiary alicyclic amines) is 1. The molecule has 25 heavy (non-hydrogen) atoms. The molecule has 0 aromatic carbocycles. The fourth-order valence-corrected chi connectivity index (χ4v) is 4.91. The summed E-state index contributed by atoms with van der Waals surface area (Å²) in [5, 5.41) is 2.01. The Hall–Kier alpha value is -1.66. The highest BCUT2D eigenvalue weighted by atomic mass is 32.1. The molecule has 0 N–H and O–H groups in total. The predicted octanol–water partition coefficient (Wildman–Crippen LogP) is 2.76. The first kappa shape index (κ1) is 16.8. The lowest BCUT2D eigenvalue weighted by molar-refractivity contribution is -0.154. The number of esters is 1. The minimum atomic E-state index is -0.647. The maximum atomic E-state index is 13.0. The molecule has 2 saturated heterocycles. The van der Waals surface area contributed by atoms with Crippen molar-refractivity contribution in [2.45, 2.75) is 44.4 Å². The quantitative estimate of drug-likeness (QED) is 0.426. The summed E-state index contributed by atoms with van der Waals surface area (Å²) in [7, 11) is 0. The zero-order chi connectivity index (χ0) is 17.4. The normalized spacial score (nSPS) is 32.4. The average Bonchev–Trinajstić information content (AvgIpc) is 3.35. The van der Waals surface area contributed by atoms with Crippen molar-refractivity contribution in [3.8, 4) is 0 Å². The van der Waals surface area contributed by atoms with Crippen molar-refractivity contribution >= 4 is 23.2 Å². The summed E-state index contributed by atoms with van der Waals surface area (Å²) in [5.41, 5.74) is -0.647. The Balaban J connectivity index is 1.47. The van der Waals surface area contributed by atoms with Crippen LogP contribution in [0.5, 0.6) is 0 Å². The molecule has 0 saturated carbocycles. The van der Waals surface area contributed by atoms with Crippen molar-refractivity contribution in [3.05, 3.63) is 34.5 Å². The molecule has 4 heterocycles. The van der Waals surface area contributed by atoms with Gasteiger partial charge in [-0.2, -0.15) is 0 Å². The molecule has 1 spiro atoms. The number of nitrogens with zero attached hydrogens (tertiary/aromatic N) is 1. The van der Waals surface area contributed by atoms with Crippen LogP contribution in [0.2, 0.25) is 0 Å². The van der Waals surface area contributed by atoms with Crippen LogP contribution in [0.4, 0.5) is 0 Å². The molecule has 5 nitrogen and oxygen atoms in total. The van der Waals surface area contributed by atoms with Crippen LogP contribution in [-0.2, 0) is 25.6 Å². The van der Waals surface area contributed by atoms with E-state index in [4.69, 9.17) is 9.47 Å². The Morgan fingerprint density at radius 2 is 2.36 bits per heavy atom. The van der Waals surface area contributed by atoms with Crippen molar-refractivity contribution in [1.29, 1.82) is 0 Å². The number of hydrogen-bond acceptors (Lipinski definition) is 5. The van der Waals surface area contributed by atoms with E-state index in [0.717, 1.165) is 24.1 Å². The third kappa shape index (κ3) is 2.81. The smallest absolute Gasteiger partial charge is 0.312 e. The van der Waals surface area contributed by atoms with Crippen LogP contribution in [0.15, 0.2) is 29.7 Å². The van der Waals surface area contributed by atoms with E-state index >= 15 is 0 Å². The van der Waals surface area contributed by atoms with E-state index in [-0.39, 0.29) is 18.0 Å². The molecule has 1 aromatic rings. The summed E-state index contributed by atoms with van der Waals surface area (Å²) in [5.74, 6) is -1.23. The Kier molecular flexibility index (Phi) is 4.41. The first-order chi connectivity index (χ1) is 12.1. The molecule has 134 valence electrons. The third-order valence-electron chi connectivity index (χ3n) is 5.37. The third-order valence-corrected chi connectivity index (χ3v) is 6.23. The van der Waals surface area contributed by atoms with Gasteiger partial charge >= 0.3 is 5.97 Å². The topological polar surface area (TPSA) is 55.8 Å². The van der Waals surface area contributed by atoms with Gasteiger partial charge in [0.15, 0.2) is 0 Å². The number of carbonyl (C=O) groups excluding carboxylic acids is 2. The van der Waals surface area contributed by atoms with Crippen molar-refractivity contribution in [1.82, 2.24) is 4.90 Å². The maximum absolute atomic E-state index is 13.0. The highest BCUT2D eigenvalue weighted by molar-refractivity contribution is 7.09. The highest BCUT2D eigenvalue weighted by Crippen LogP contribution is 2.52. The van der Waals surface area contributed by atoms with E-state index in [1.807, 2.05) is 34.6 Å². The molecule has 1 aromatic heterocycles. The zero-order valence-electron chi connectivity index (χ0n) is 14.3. The monoisotopic (exact) mass is 361 g/mol. The van der Waals surface area contributed by atoms with Gasteiger partial charge in [0.05, 0.1) is 31.7 Å². The van der Waals surface area contributed by atoms with Gasteiger partial charge in [-0.25, -0.2) is 0 Å². The van der Waals surface area contributed by atoms with E-state index in [1.165, 1.54) is 0 Å². The number of hydrogen-bond donors (Lipinski definition) is 0. The molecule has 1 unspecified atom stereocenters. The molecule has 3 aliphatic heterocycles. The average molecular weight is 361 g/mol. The molecule has 4 rings (SSSR count). The van der Waals surface area contributed by atoms with E-state index in [0.29, 0.717) is 19.7 Å². The first-order valence-corrected chi connectivity index (χ1v) is 9.87. The number of rotatable bonds is 7. The standard InChI is InChI=1S/C19H23NO4S/c1-2-3-4-9-23-18(22)15-14-7-8-19(24-14)12-20(17(21)16(15)19)11-13-6-5-10-25-13/h5-8,10,14-16H,2-4,9,11-12H2,1H3/t14-,15?,16+,19-/m1/s1. The molecule has 4 atom stereocenters. The van der Waals surface area contributed by atoms with Crippen LogP contribution in [0, 0.1) is 11.8 Å². The molecular weight excluding hydrogens is 338 g/mol. The molecule has 6 heteroatoms. The lowest BCUT2D eigenvalue weighted by Crippen LogP contribution is -2.40. The second-order valence-electron chi connectivity index (χ2n) is 7.05. The van der Waals surface area contributed by atoms with Gasteiger partial charge in [0.2, 0.25) is 5.91 Å². The minimum absolute atomic E-state index is 0.00996. The largest absolute Gasteiger partial charge is 0.465 e. The summed E-state index contributed by atoms with van der Waals surface area (Å²) in [4.78, 5) is 28.6. The van der Waals surface area contributed by atoms with Crippen molar-refractivity contribution in [2.75, 3.05) is 13.2 Å². The van der Waals surface area contributed by atoms with Gasteiger partial charge in [-0.3, -0.25) is 9.59 Å². The van der Waals surface area contributed by atoms with Gasteiger partial charge in [-0.15, -0.1) is 11.3 Å². The number of fused-ring (bicyclic) bond motifs is 1. The van der Waals surface area contributed by atoms with Crippen LogP contribution >= 0.6 is 11.3 Å². The highest BCUT2D eigenvalue weighted by Gasteiger charge is 2.67. The summed E-state index contributed by atoms with van der Waals surface area (Å²) < 4.78 is 11.5. The van der Waals surface area contributed by atoms with E-state index in [9.17, 15) is 9.59 Å². The Labute approximate surface area is 151 Å². The van der Waals surface area contributed by atoms with Crippen LogP contribution in [0.3, 0.4) is 0 Å². The van der Waals surface area contributed by atoms with E-state index in [1.54, 1.807) is 11.3 Å².